The number of hydrogen-bond donors (Lipinski definition) is 3. The highest BCUT2D eigenvalue weighted by Crippen LogP contribution is 2.35. The number of aromatic nitrogens is 1. The molecule has 0 saturated heterocycles. The van der Waals surface area contributed by atoms with Crippen molar-refractivity contribution in [1.29, 1.82) is 0 Å². The molecule has 138 valence electrons. The van der Waals surface area contributed by atoms with Crippen LogP contribution in [0.25, 0.3) is 0 Å². The second-order valence-corrected chi connectivity index (χ2v) is 5.52. The van der Waals surface area contributed by atoms with Gasteiger partial charge in [0.25, 0.3) is 5.91 Å². The molecule has 0 bridgehead atoms. The molecule has 1 aromatic carbocycles. The molecule has 1 aliphatic heterocycles. The monoisotopic (exact) mass is 363 g/mol. The summed E-state index contributed by atoms with van der Waals surface area (Å²) in [5.74, 6) is 0.318. The van der Waals surface area contributed by atoms with Gasteiger partial charge in [0.15, 0.2) is 23.8 Å². The number of ether oxygens (including phenoxy) is 3. The van der Waals surface area contributed by atoms with E-state index in [1.54, 1.807) is 18.2 Å². The van der Waals surface area contributed by atoms with E-state index in [1.807, 2.05) is 0 Å². The number of amides is 2. The van der Waals surface area contributed by atoms with E-state index in [9.17, 15) is 14.7 Å². The van der Waals surface area contributed by atoms with Crippen molar-refractivity contribution in [3.8, 4) is 17.2 Å². The molecular formula is C16H17N3O7. The third-order valence-electron chi connectivity index (χ3n) is 3.57. The van der Waals surface area contributed by atoms with E-state index < -0.39 is 24.0 Å². The zero-order chi connectivity index (χ0) is 18.7. The molecule has 0 fully saturated rings. The summed E-state index contributed by atoms with van der Waals surface area (Å²) in [6, 6.07) is 3.85. The number of primary amides is 1. The Morgan fingerprint density at radius 2 is 2.15 bits per heavy atom. The maximum atomic E-state index is 12.1. The molecule has 0 spiro atoms. The second kappa shape index (κ2) is 7.31. The molecular weight excluding hydrogens is 346 g/mol. The van der Waals surface area contributed by atoms with Crippen LogP contribution < -0.4 is 25.3 Å². The summed E-state index contributed by atoms with van der Waals surface area (Å²) in [6.45, 7) is 1.47. The average molecular weight is 363 g/mol. The van der Waals surface area contributed by atoms with Gasteiger partial charge in [0.05, 0.1) is 6.10 Å². The van der Waals surface area contributed by atoms with E-state index in [0.717, 1.165) is 6.26 Å². The number of hydrogen-bond acceptors (Lipinski definition) is 8. The number of aliphatic hydroxyl groups excluding tert-OH is 1. The fourth-order valence-electron chi connectivity index (χ4n) is 2.24. The first-order valence-electron chi connectivity index (χ1n) is 7.69. The molecule has 2 heterocycles. The minimum absolute atomic E-state index is 0.0252. The number of nitrogens with two attached hydrogens (primary N) is 1. The molecule has 26 heavy (non-hydrogen) atoms. The zero-order valence-electron chi connectivity index (χ0n) is 13.8. The molecule has 10 nitrogen and oxygen atoms in total. The van der Waals surface area contributed by atoms with E-state index in [-0.39, 0.29) is 25.0 Å². The standard InChI is InChI=1S/C16H17N3O7/c1-8(20)14(15(17)21)19-16(22)10-5-24-13(18-10)6-23-9-2-3-11-12(4-9)26-7-25-11/h2-5,8,14,20H,6-7H2,1H3,(H2,17,21)(H,19,22)/t8-,14+/m1/s1. The van der Waals surface area contributed by atoms with Gasteiger partial charge in [0, 0.05) is 6.07 Å². The Morgan fingerprint density at radius 3 is 2.88 bits per heavy atom. The molecule has 0 saturated carbocycles. The van der Waals surface area contributed by atoms with Crippen LogP contribution in [-0.4, -0.2) is 40.8 Å². The third kappa shape index (κ3) is 3.86. The fraction of sp³-hybridized carbons (Fsp3) is 0.312. The van der Waals surface area contributed by atoms with Crippen LogP contribution in [0.1, 0.15) is 23.3 Å². The molecule has 1 aliphatic rings. The molecule has 0 radical (unpaired) electrons. The van der Waals surface area contributed by atoms with Crippen molar-refractivity contribution in [2.75, 3.05) is 6.79 Å². The number of nitrogens with zero attached hydrogens (tertiary/aromatic N) is 1. The number of carbonyl (C=O) groups excluding carboxylic acids is 2. The Hall–Kier alpha value is -3.27. The Kier molecular flexibility index (Phi) is 4.94. The normalized spacial score (nSPS) is 14.5. The average Bonchev–Trinajstić information content (AvgIpc) is 3.25. The summed E-state index contributed by atoms with van der Waals surface area (Å²) < 4.78 is 21.2. The minimum Gasteiger partial charge on any atom is -0.484 e. The molecule has 4 N–H and O–H groups in total. The molecule has 2 amide bonds. The lowest BCUT2D eigenvalue weighted by Gasteiger charge is -2.16. The first-order valence-corrected chi connectivity index (χ1v) is 7.69. The Labute approximate surface area is 147 Å². The van der Waals surface area contributed by atoms with Crippen LogP contribution in [0.5, 0.6) is 17.2 Å². The van der Waals surface area contributed by atoms with Gasteiger partial charge in [0.2, 0.25) is 18.6 Å². The summed E-state index contributed by atoms with van der Waals surface area (Å²) in [4.78, 5) is 27.2. The topological polar surface area (TPSA) is 146 Å². The van der Waals surface area contributed by atoms with E-state index in [0.29, 0.717) is 17.2 Å². The highest BCUT2D eigenvalue weighted by molar-refractivity contribution is 5.95. The number of fused-ring (bicyclic) bond motifs is 1. The summed E-state index contributed by atoms with van der Waals surface area (Å²) in [7, 11) is 0. The van der Waals surface area contributed by atoms with Crippen molar-refractivity contribution in [2.45, 2.75) is 25.7 Å². The first-order chi connectivity index (χ1) is 12.4. The molecule has 3 rings (SSSR count). The van der Waals surface area contributed by atoms with Crippen LogP contribution in [0.3, 0.4) is 0 Å². The maximum Gasteiger partial charge on any atom is 0.273 e. The van der Waals surface area contributed by atoms with Gasteiger partial charge in [0.1, 0.15) is 18.1 Å². The van der Waals surface area contributed by atoms with Crippen LogP contribution in [-0.2, 0) is 11.4 Å². The Bertz CT molecular complexity index is 818. The molecule has 0 unspecified atom stereocenters. The molecule has 10 heteroatoms. The van der Waals surface area contributed by atoms with Crippen molar-refractivity contribution >= 4 is 11.8 Å². The highest BCUT2D eigenvalue weighted by atomic mass is 16.7. The zero-order valence-corrected chi connectivity index (χ0v) is 13.8. The van der Waals surface area contributed by atoms with Crippen molar-refractivity contribution in [1.82, 2.24) is 10.3 Å². The van der Waals surface area contributed by atoms with Gasteiger partial charge in [-0.15, -0.1) is 0 Å². The second-order valence-electron chi connectivity index (χ2n) is 5.52. The smallest absolute Gasteiger partial charge is 0.273 e. The summed E-state index contributed by atoms with van der Waals surface area (Å²) in [6.07, 6.45) is -0.0227. The lowest BCUT2D eigenvalue weighted by atomic mass is 10.1. The third-order valence-corrected chi connectivity index (χ3v) is 3.57. The summed E-state index contributed by atoms with van der Waals surface area (Å²) >= 11 is 0. The number of rotatable bonds is 7. The predicted octanol–water partition coefficient (Wildman–Crippen LogP) is -0.0532. The van der Waals surface area contributed by atoms with E-state index in [1.165, 1.54) is 6.92 Å². The summed E-state index contributed by atoms with van der Waals surface area (Å²) in [5.41, 5.74) is 5.06. The molecule has 2 atom stereocenters. The van der Waals surface area contributed by atoms with Crippen LogP contribution in [0.15, 0.2) is 28.9 Å². The number of oxazole rings is 1. The van der Waals surface area contributed by atoms with Crippen LogP contribution in [0, 0.1) is 0 Å². The van der Waals surface area contributed by atoms with Crippen LogP contribution >= 0.6 is 0 Å². The first kappa shape index (κ1) is 17.5. The molecule has 2 aromatic rings. The number of benzene rings is 1. The quantitative estimate of drug-likeness (QED) is 0.620. The Balaban J connectivity index is 1.59. The minimum atomic E-state index is -1.23. The van der Waals surface area contributed by atoms with Crippen molar-refractivity contribution < 1.29 is 33.3 Å². The lowest BCUT2D eigenvalue weighted by molar-refractivity contribution is -0.122. The largest absolute Gasteiger partial charge is 0.484 e. The van der Waals surface area contributed by atoms with Crippen LogP contribution in [0.2, 0.25) is 0 Å². The Morgan fingerprint density at radius 1 is 1.38 bits per heavy atom. The van der Waals surface area contributed by atoms with Gasteiger partial charge in [-0.2, -0.15) is 0 Å². The fourth-order valence-corrected chi connectivity index (χ4v) is 2.24. The number of carbonyl (C=O) groups is 2. The lowest BCUT2D eigenvalue weighted by Crippen LogP contribution is -2.50. The van der Waals surface area contributed by atoms with Crippen LogP contribution in [0.4, 0.5) is 0 Å². The predicted molar refractivity (Wildman–Crippen MR) is 85.5 cm³/mol. The van der Waals surface area contributed by atoms with Crippen molar-refractivity contribution in [2.24, 2.45) is 5.73 Å². The van der Waals surface area contributed by atoms with Crippen molar-refractivity contribution in [3.63, 3.8) is 0 Å². The van der Waals surface area contributed by atoms with Gasteiger partial charge in [-0.1, -0.05) is 0 Å². The highest BCUT2D eigenvalue weighted by Gasteiger charge is 2.25. The van der Waals surface area contributed by atoms with Crippen molar-refractivity contribution in [3.05, 3.63) is 36.0 Å². The molecule has 0 aliphatic carbocycles. The van der Waals surface area contributed by atoms with Gasteiger partial charge >= 0.3 is 0 Å². The van der Waals surface area contributed by atoms with Gasteiger partial charge in [-0.25, -0.2) is 4.98 Å². The molecule has 1 aromatic heterocycles. The SMILES string of the molecule is C[C@@H](O)[C@H](NC(=O)c1coc(COc2ccc3c(c2)OCO3)n1)C(N)=O. The summed E-state index contributed by atoms with van der Waals surface area (Å²) in [5, 5.41) is 11.8. The van der Waals surface area contributed by atoms with Gasteiger partial charge in [-0.3, -0.25) is 9.59 Å². The maximum absolute atomic E-state index is 12.1. The number of nitrogens with one attached hydrogen (secondary N) is 1. The van der Waals surface area contributed by atoms with E-state index in [4.69, 9.17) is 24.4 Å². The van der Waals surface area contributed by atoms with E-state index in [2.05, 4.69) is 10.3 Å². The number of aliphatic hydroxyl groups is 1. The van der Waals surface area contributed by atoms with Gasteiger partial charge in [-0.05, 0) is 19.1 Å². The van der Waals surface area contributed by atoms with Gasteiger partial charge < -0.3 is 34.8 Å². The van der Waals surface area contributed by atoms with E-state index >= 15 is 0 Å².